The summed E-state index contributed by atoms with van der Waals surface area (Å²) in [5.41, 5.74) is 0. The van der Waals surface area contributed by atoms with E-state index in [2.05, 4.69) is 46.4 Å². The van der Waals surface area contributed by atoms with Crippen LogP contribution in [0.2, 0.25) is 0 Å². The van der Waals surface area contributed by atoms with Crippen LogP contribution in [0.5, 0.6) is 0 Å². The first-order valence-electron chi connectivity index (χ1n) is 30.7. The molecule has 10 nitrogen and oxygen atoms in total. The summed E-state index contributed by atoms with van der Waals surface area (Å²) in [5.74, 6) is -0.235. The lowest BCUT2D eigenvalue weighted by atomic mass is 10.0. The van der Waals surface area contributed by atoms with Crippen molar-refractivity contribution >= 4 is 24.0 Å². The SMILES string of the molecule is CCCCCCC(CCCCCC)OC(=O)CCCCCCCCC(CCCCCCCCC(=O)OC(CCCCCC)CCCCCC)OC(=O)N(CCCC(=O)OC(CC)CCC)CCCN(C)C. The Bertz CT molecular complexity index is 1130. The lowest BCUT2D eigenvalue weighted by molar-refractivity contribution is -0.151. The first kappa shape index (κ1) is 68.6. The molecule has 0 aliphatic rings. The Hall–Kier alpha value is -2.36. The van der Waals surface area contributed by atoms with E-state index in [-0.39, 0.29) is 48.4 Å². The summed E-state index contributed by atoms with van der Waals surface area (Å²) in [6.45, 7) is 15.0. The summed E-state index contributed by atoms with van der Waals surface area (Å²) in [4.78, 5) is 56.2. The largest absolute Gasteiger partial charge is 0.462 e. The zero-order valence-electron chi connectivity index (χ0n) is 48.3. The van der Waals surface area contributed by atoms with Gasteiger partial charge in [-0.15, -0.1) is 0 Å². The maximum atomic E-state index is 13.9. The monoisotopic (exact) mass is 1010 g/mol. The molecule has 0 aliphatic heterocycles. The first-order valence-corrected chi connectivity index (χ1v) is 30.7. The molecular formula is C61H118N2O8. The van der Waals surface area contributed by atoms with Crippen molar-refractivity contribution in [2.45, 2.75) is 336 Å². The van der Waals surface area contributed by atoms with E-state index in [4.69, 9.17) is 18.9 Å². The van der Waals surface area contributed by atoms with Crippen LogP contribution in [0.4, 0.5) is 4.79 Å². The Morgan fingerprint density at radius 2 is 0.620 bits per heavy atom. The highest BCUT2D eigenvalue weighted by atomic mass is 16.6. The Morgan fingerprint density at radius 1 is 0.310 bits per heavy atom. The minimum absolute atomic E-state index is 0.0246. The van der Waals surface area contributed by atoms with Gasteiger partial charge in [0.2, 0.25) is 0 Å². The van der Waals surface area contributed by atoms with Gasteiger partial charge in [-0.3, -0.25) is 14.4 Å². The Labute approximate surface area is 439 Å². The predicted molar refractivity (Wildman–Crippen MR) is 298 cm³/mol. The minimum Gasteiger partial charge on any atom is -0.462 e. The van der Waals surface area contributed by atoms with Gasteiger partial charge in [-0.05, 0) is 136 Å². The van der Waals surface area contributed by atoms with E-state index in [0.29, 0.717) is 38.8 Å². The van der Waals surface area contributed by atoms with Gasteiger partial charge in [-0.1, -0.05) is 176 Å². The molecule has 0 spiro atoms. The Morgan fingerprint density at radius 3 is 0.972 bits per heavy atom. The normalized spacial score (nSPS) is 12.1. The summed E-state index contributed by atoms with van der Waals surface area (Å²) in [6.07, 6.45) is 42.3. The summed E-state index contributed by atoms with van der Waals surface area (Å²) in [6, 6.07) is 0. The maximum Gasteiger partial charge on any atom is 0.410 e. The number of unbranched alkanes of at least 4 members (excludes halogenated alkanes) is 22. The zero-order chi connectivity index (χ0) is 52.4. The van der Waals surface area contributed by atoms with Crippen LogP contribution in [-0.2, 0) is 33.3 Å². The van der Waals surface area contributed by atoms with Crippen LogP contribution in [0.1, 0.15) is 311 Å². The van der Waals surface area contributed by atoms with Crippen LogP contribution >= 0.6 is 0 Å². The van der Waals surface area contributed by atoms with Crippen molar-refractivity contribution < 1.29 is 38.1 Å². The smallest absolute Gasteiger partial charge is 0.410 e. The van der Waals surface area contributed by atoms with Crippen LogP contribution in [0.3, 0.4) is 0 Å². The van der Waals surface area contributed by atoms with E-state index in [0.717, 1.165) is 173 Å². The van der Waals surface area contributed by atoms with Gasteiger partial charge in [-0.25, -0.2) is 4.79 Å². The molecule has 0 aromatic heterocycles. The Balaban J connectivity index is 5.23. The van der Waals surface area contributed by atoms with E-state index < -0.39 is 0 Å². The van der Waals surface area contributed by atoms with Crippen molar-refractivity contribution in [3.05, 3.63) is 0 Å². The van der Waals surface area contributed by atoms with Gasteiger partial charge >= 0.3 is 24.0 Å². The van der Waals surface area contributed by atoms with E-state index >= 15 is 0 Å². The third-order valence-corrected chi connectivity index (χ3v) is 14.2. The molecule has 0 rings (SSSR count). The molecule has 0 N–H and O–H groups in total. The highest BCUT2D eigenvalue weighted by molar-refractivity contribution is 5.70. The number of nitrogens with zero attached hydrogens (tertiary/aromatic N) is 2. The van der Waals surface area contributed by atoms with Crippen molar-refractivity contribution in [1.82, 2.24) is 9.80 Å². The third kappa shape index (κ3) is 44.8. The lowest BCUT2D eigenvalue weighted by Gasteiger charge is -2.26. The fourth-order valence-corrected chi connectivity index (χ4v) is 9.58. The fraction of sp³-hybridized carbons (Fsp3) is 0.934. The second-order valence-corrected chi connectivity index (χ2v) is 21.5. The quantitative estimate of drug-likeness (QED) is 0.0334. The van der Waals surface area contributed by atoms with Crippen molar-refractivity contribution in [3.63, 3.8) is 0 Å². The van der Waals surface area contributed by atoms with Gasteiger partial charge < -0.3 is 28.7 Å². The molecule has 1 atom stereocenters. The van der Waals surface area contributed by atoms with Crippen molar-refractivity contribution in [1.29, 1.82) is 0 Å². The molecule has 0 fully saturated rings. The van der Waals surface area contributed by atoms with Crippen LogP contribution in [0, 0.1) is 0 Å². The summed E-state index contributed by atoms with van der Waals surface area (Å²) in [5, 5.41) is 0. The fourth-order valence-electron chi connectivity index (χ4n) is 9.58. The molecule has 0 aliphatic carbocycles. The molecule has 0 radical (unpaired) electrons. The third-order valence-electron chi connectivity index (χ3n) is 14.2. The van der Waals surface area contributed by atoms with Gasteiger partial charge in [-0.2, -0.15) is 0 Å². The minimum atomic E-state index is -0.272. The molecule has 1 amide bonds. The molecule has 0 aromatic rings. The topological polar surface area (TPSA) is 112 Å². The van der Waals surface area contributed by atoms with E-state index in [1.807, 2.05) is 19.0 Å². The number of rotatable bonds is 53. The van der Waals surface area contributed by atoms with Crippen LogP contribution in [0.15, 0.2) is 0 Å². The summed E-state index contributed by atoms with van der Waals surface area (Å²) < 4.78 is 24.1. The molecule has 0 saturated carbocycles. The van der Waals surface area contributed by atoms with Gasteiger partial charge in [0, 0.05) is 32.4 Å². The zero-order valence-corrected chi connectivity index (χ0v) is 48.3. The molecule has 0 bridgehead atoms. The van der Waals surface area contributed by atoms with Crippen molar-refractivity contribution in [2.24, 2.45) is 0 Å². The van der Waals surface area contributed by atoms with Crippen LogP contribution in [0.25, 0.3) is 0 Å². The van der Waals surface area contributed by atoms with Gasteiger partial charge in [0.1, 0.15) is 24.4 Å². The highest BCUT2D eigenvalue weighted by Crippen LogP contribution is 2.22. The van der Waals surface area contributed by atoms with Gasteiger partial charge in [0.05, 0.1) is 0 Å². The van der Waals surface area contributed by atoms with E-state index in [9.17, 15) is 19.2 Å². The molecule has 71 heavy (non-hydrogen) atoms. The first-order chi connectivity index (χ1) is 34.5. The van der Waals surface area contributed by atoms with Gasteiger partial charge in [0.25, 0.3) is 0 Å². The number of carbonyl (C=O) groups excluding carboxylic acids is 4. The van der Waals surface area contributed by atoms with Crippen molar-refractivity contribution in [2.75, 3.05) is 33.7 Å². The number of hydrogen-bond acceptors (Lipinski definition) is 9. The van der Waals surface area contributed by atoms with Crippen LogP contribution < -0.4 is 0 Å². The average molecular weight is 1010 g/mol. The summed E-state index contributed by atoms with van der Waals surface area (Å²) in [7, 11) is 4.09. The average Bonchev–Trinajstić information content (AvgIpc) is 3.34. The lowest BCUT2D eigenvalue weighted by Crippen LogP contribution is -2.37. The summed E-state index contributed by atoms with van der Waals surface area (Å²) >= 11 is 0. The Kier molecular flexibility index (Phi) is 49.4. The van der Waals surface area contributed by atoms with Gasteiger partial charge in [0.15, 0.2) is 0 Å². The number of carbonyl (C=O) groups is 4. The predicted octanol–water partition coefficient (Wildman–Crippen LogP) is 17.6. The molecule has 1 unspecified atom stereocenters. The second kappa shape index (κ2) is 51.1. The maximum absolute atomic E-state index is 13.9. The van der Waals surface area contributed by atoms with E-state index in [1.165, 1.54) is 77.0 Å². The number of hydrogen-bond donors (Lipinski definition) is 0. The number of esters is 3. The van der Waals surface area contributed by atoms with Crippen LogP contribution in [-0.4, -0.2) is 91.9 Å². The number of ether oxygens (including phenoxy) is 4. The second-order valence-electron chi connectivity index (χ2n) is 21.5. The van der Waals surface area contributed by atoms with E-state index in [1.54, 1.807) is 0 Å². The number of amides is 1. The standard InChI is InChI=1S/C61H118N2O8/c1-9-15-19-31-42-55(43-32-20-16-10-2)69-58(64)48-37-29-25-23-27-35-46-57(71-61(67)63(53-40-51-62(7)8)52-39-50-60(66)68-54(14-6)41-13-5)47-36-28-24-26-30-38-49-59(65)70-56(44-33-21-17-11-3)45-34-22-18-12-4/h54-57H,9-53H2,1-8H3. The molecule has 0 heterocycles. The molecule has 10 heteroatoms. The molecule has 420 valence electrons. The van der Waals surface area contributed by atoms with Crippen molar-refractivity contribution in [3.8, 4) is 0 Å². The molecule has 0 aromatic carbocycles. The highest BCUT2D eigenvalue weighted by Gasteiger charge is 2.22. The molecular weight excluding hydrogens is 889 g/mol. The molecule has 0 saturated heterocycles.